The summed E-state index contributed by atoms with van der Waals surface area (Å²) in [6, 6.07) is 3.18. The summed E-state index contributed by atoms with van der Waals surface area (Å²) in [4.78, 5) is 13.4. The lowest BCUT2D eigenvalue weighted by molar-refractivity contribution is 0.0774. The summed E-state index contributed by atoms with van der Waals surface area (Å²) in [5.74, 6) is -2.23. The maximum Gasteiger partial charge on any atom is 0.253 e. The molecule has 1 amide bonds. The third kappa shape index (κ3) is 3.01. The predicted molar refractivity (Wildman–Crippen MR) is 61.7 cm³/mol. The van der Waals surface area contributed by atoms with Crippen LogP contribution in [0.3, 0.4) is 0 Å². The van der Waals surface area contributed by atoms with E-state index in [2.05, 4.69) is 15.9 Å². The molecule has 88 valence electrons. The molecule has 0 spiro atoms. The summed E-state index contributed by atoms with van der Waals surface area (Å²) in [5, 5.41) is 0.649. The Morgan fingerprint density at radius 3 is 2.56 bits per heavy atom. The summed E-state index contributed by atoms with van der Waals surface area (Å²) in [6.45, 7) is 2.90. The first-order chi connectivity index (χ1) is 7.60. The summed E-state index contributed by atoms with van der Waals surface area (Å²) < 4.78 is 25.6. The minimum absolute atomic E-state index is 0.168. The van der Waals surface area contributed by atoms with Crippen molar-refractivity contribution in [1.29, 1.82) is 0 Å². The Hall–Kier alpha value is -0.970. The Labute approximate surface area is 101 Å². The van der Waals surface area contributed by atoms with Crippen LogP contribution in [0.25, 0.3) is 0 Å². The van der Waals surface area contributed by atoms with Crippen LogP contribution in [0.5, 0.6) is 0 Å². The SMILES string of the molecule is CCN(CCBr)C(=O)c1ccc(F)c(F)c1. The number of carbonyl (C=O) groups is 1. The van der Waals surface area contributed by atoms with Gasteiger partial charge in [0, 0.05) is 24.0 Å². The van der Waals surface area contributed by atoms with E-state index in [1.54, 1.807) is 4.90 Å². The van der Waals surface area contributed by atoms with Gasteiger partial charge in [0.15, 0.2) is 11.6 Å². The van der Waals surface area contributed by atoms with E-state index >= 15 is 0 Å². The molecule has 2 nitrogen and oxygen atoms in total. The average molecular weight is 292 g/mol. The van der Waals surface area contributed by atoms with Crippen LogP contribution < -0.4 is 0 Å². The van der Waals surface area contributed by atoms with E-state index in [-0.39, 0.29) is 11.5 Å². The average Bonchev–Trinajstić information content (AvgIpc) is 2.28. The molecule has 0 bridgehead atoms. The number of amides is 1. The fraction of sp³-hybridized carbons (Fsp3) is 0.364. The lowest BCUT2D eigenvalue weighted by Gasteiger charge is -2.19. The zero-order valence-corrected chi connectivity index (χ0v) is 10.4. The van der Waals surface area contributed by atoms with E-state index in [9.17, 15) is 13.6 Å². The Morgan fingerprint density at radius 1 is 1.38 bits per heavy atom. The molecule has 1 rings (SSSR count). The molecule has 1 aromatic rings. The standard InChI is InChI=1S/C11H12BrF2NO/c1-2-15(6-5-12)11(16)8-3-4-9(13)10(14)7-8/h3-4,7H,2,5-6H2,1H3. The first-order valence-electron chi connectivity index (χ1n) is 4.90. The number of hydrogen-bond donors (Lipinski definition) is 0. The molecular formula is C11H12BrF2NO. The van der Waals surface area contributed by atoms with E-state index in [0.29, 0.717) is 18.4 Å². The normalized spacial score (nSPS) is 10.2. The number of halogens is 3. The lowest BCUT2D eigenvalue weighted by atomic mass is 10.2. The molecule has 0 N–H and O–H groups in total. The van der Waals surface area contributed by atoms with Crippen molar-refractivity contribution in [2.24, 2.45) is 0 Å². The van der Waals surface area contributed by atoms with Gasteiger partial charge in [0.25, 0.3) is 5.91 Å². The minimum atomic E-state index is -0.999. The molecular weight excluding hydrogens is 280 g/mol. The first-order valence-corrected chi connectivity index (χ1v) is 6.02. The summed E-state index contributed by atoms with van der Waals surface area (Å²) in [5.41, 5.74) is 0.168. The minimum Gasteiger partial charge on any atom is -0.338 e. The molecule has 0 saturated heterocycles. The number of rotatable bonds is 4. The van der Waals surface area contributed by atoms with Crippen molar-refractivity contribution in [3.63, 3.8) is 0 Å². The van der Waals surface area contributed by atoms with Gasteiger partial charge in [-0.2, -0.15) is 0 Å². The highest BCUT2D eigenvalue weighted by atomic mass is 79.9. The van der Waals surface area contributed by atoms with Gasteiger partial charge in [-0.05, 0) is 25.1 Å². The molecule has 5 heteroatoms. The van der Waals surface area contributed by atoms with Crippen molar-refractivity contribution >= 4 is 21.8 Å². The van der Waals surface area contributed by atoms with E-state index in [4.69, 9.17) is 0 Å². The Morgan fingerprint density at radius 2 is 2.06 bits per heavy atom. The van der Waals surface area contributed by atoms with Crippen LogP contribution in [0, 0.1) is 11.6 Å². The molecule has 0 aliphatic rings. The molecule has 16 heavy (non-hydrogen) atoms. The van der Waals surface area contributed by atoms with Gasteiger partial charge in [-0.3, -0.25) is 4.79 Å². The van der Waals surface area contributed by atoms with Crippen LogP contribution in [0.15, 0.2) is 18.2 Å². The Bertz CT molecular complexity index is 384. The van der Waals surface area contributed by atoms with Crippen molar-refractivity contribution in [2.75, 3.05) is 18.4 Å². The van der Waals surface area contributed by atoms with E-state index in [1.165, 1.54) is 6.07 Å². The van der Waals surface area contributed by atoms with Gasteiger partial charge in [0.1, 0.15) is 0 Å². The molecule has 0 radical (unpaired) electrons. The van der Waals surface area contributed by atoms with Gasteiger partial charge < -0.3 is 4.90 Å². The third-order valence-electron chi connectivity index (χ3n) is 2.19. The van der Waals surface area contributed by atoms with Gasteiger partial charge in [-0.15, -0.1) is 0 Å². The molecule has 0 aromatic heterocycles. The zero-order valence-electron chi connectivity index (χ0n) is 8.84. The van der Waals surface area contributed by atoms with Crippen LogP contribution in [-0.2, 0) is 0 Å². The number of hydrogen-bond acceptors (Lipinski definition) is 1. The topological polar surface area (TPSA) is 20.3 Å². The molecule has 0 fully saturated rings. The molecule has 0 atom stereocenters. The maximum absolute atomic E-state index is 12.9. The molecule has 0 aliphatic heterocycles. The van der Waals surface area contributed by atoms with Gasteiger partial charge in [-0.1, -0.05) is 15.9 Å². The van der Waals surface area contributed by atoms with Gasteiger partial charge in [0.05, 0.1) is 0 Å². The van der Waals surface area contributed by atoms with Crippen molar-refractivity contribution in [3.05, 3.63) is 35.4 Å². The van der Waals surface area contributed by atoms with Crippen molar-refractivity contribution in [2.45, 2.75) is 6.92 Å². The number of alkyl halides is 1. The molecule has 1 aromatic carbocycles. The Balaban J connectivity index is 2.90. The van der Waals surface area contributed by atoms with Crippen molar-refractivity contribution < 1.29 is 13.6 Å². The van der Waals surface area contributed by atoms with Crippen LogP contribution in [-0.4, -0.2) is 29.2 Å². The highest BCUT2D eigenvalue weighted by molar-refractivity contribution is 9.09. The van der Waals surface area contributed by atoms with Crippen LogP contribution in [0.2, 0.25) is 0 Å². The quantitative estimate of drug-likeness (QED) is 0.781. The van der Waals surface area contributed by atoms with Crippen LogP contribution >= 0.6 is 15.9 Å². The number of benzene rings is 1. The van der Waals surface area contributed by atoms with E-state index in [1.807, 2.05) is 6.92 Å². The Kier molecular flexibility index (Phi) is 4.86. The smallest absolute Gasteiger partial charge is 0.253 e. The van der Waals surface area contributed by atoms with Crippen molar-refractivity contribution in [3.8, 4) is 0 Å². The van der Waals surface area contributed by atoms with Gasteiger partial charge in [0.2, 0.25) is 0 Å². The second-order valence-electron chi connectivity index (χ2n) is 3.20. The molecule has 0 saturated carbocycles. The second-order valence-corrected chi connectivity index (χ2v) is 4.00. The first kappa shape index (κ1) is 13.1. The fourth-order valence-corrected chi connectivity index (χ4v) is 1.75. The van der Waals surface area contributed by atoms with E-state index < -0.39 is 11.6 Å². The van der Waals surface area contributed by atoms with Crippen LogP contribution in [0.1, 0.15) is 17.3 Å². The van der Waals surface area contributed by atoms with E-state index in [0.717, 1.165) is 12.1 Å². The largest absolute Gasteiger partial charge is 0.338 e. The van der Waals surface area contributed by atoms with Gasteiger partial charge in [-0.25, -0.2) is 8.78 Å². The predicted octanol–water partition coefficient (Wildman–Crippen LogP) is 2.82. The van der Waals surface area contributed by atoms with Crippen molar-refractivity contribution in [1.82, 2.24) is 4.90 Å². The molecule has 0 unspecified atom stereocenters. The second kappa shape index (κ2) is 5.94. The monoisotopic (exact) mass is 291 g/mol. The number of nitrogens with zero attached hydrogens (tertiary/aromatic N) is 1. The molecule has 0 heterocycles. The highest BCUT2D eigenvalue weighted by Gasteiger charge is 2.15. The fourth-order valence-electron chi connectivity index (χ4n) is 1.32. The maximum atomic E-state index is 12.9. The summed E-state index contributed by atoms with van der Waals surface area (Å²) in [6.07, 6.45) is 0. The van der Waals surface area contributed by atoms with Crippen LogP contribution in [0.4, 0.5) is 8.78 Å². The molecule has 0 aliphatic carbocycles. The highest BCUT2D eigenvalue weighted by Crippen LogP contribution is 2.11. The lowest BCUT2D eigenvalue weighted by Crippen LogP contribution is -2.32. The van der Waals surface area contributed by atoms with Gasteiger partial charge >= 0.3 is 0 Å². The zero-order chi connectivity index (χ0) is 12.1. The summed E-state index contributed by atoms with van der Waals surface area (Å²) in [7, 11) is 0. The third-order valence-corrected chi connectivity index (χ3v) is 2.54. The number of carbonyl (C=O) groups excluding carboxylic acids is 1. The summed E-state index contributed by atoms with van der Waals surface area (Å²) >= 11 is 3.23.